The highest BCUT2D eigenvalue weighted by Crippen LogP contribution is 2.26. The Morgan fingerprint density at radius 3 is 2.75 bits per heavy atom. The fourth-order valence-electron chi connectivity index (χ4n) is 3.52. The Labute approximate surface area is 198 Å². The molecule has 3 rings (SSSR count). The molecule has 8 heteroatoms. The number of hydrogen-bond donors (Lipinski definition) is 1. The first-order valence-corrected chi connectivity index (χ1v) is 11.5. The van der Waals surface area contributed by atoms with Gasteiger partial charge in [-0.2, -0.15) is 0 Å². The summed E-state index contributed by atoms with van der Waals surface area (Å²) in [6.45, 7) is 3.41. The standard InChI is InChI=1S/C24H28Cl2N2O4/c1-2-6-24(30)31-16-19(29)14-28(13-17-7-4-3-5-8-17)15-20-12-23(27-32-20)18-9-10-21(25)22(26)11-18/h3-5,7-11,19-20,29H,2,6,12-16H2,1H3/t19-,20+/m1/s1. The predicted molar refractivity (Wildman–Crippen MR) is 126 cm³/mol. The molecule has 32 heavy (non-hydrogen) atoms. The molecule has 0 fully saturated rings. The number of carbonyl (C=O) groups excluding carboxylic acids is 1. The first kappa shape index (κ1) is 24.5. The van der Waals surface area contributed by atoms with E-state index in [0.29, 0.717) is 42.5 Å². The molecule has 1 N–H and O–H groups in total. The Morgan fingerprint density at radius 1 is 1.25 bits per heavy atom. The molecule has 0 radical (unpaired) electrons. The topological polar surface area (TPSA) is 71.4 Å². The van der Waals surface area contributed by atoms with Gasteiger partial charge in [-0.3, -0.25) is 9.69 Å². The molecule has 172 valence electrons. The van der Waals surface area contributed by atoms with Crippen molar-refractivity contribution in [3.8, 4) is 0 Å². The number of benzene rings is 2. The first-order valence-electron chi connectivity index (χ1n) is 10.7. The normalized spacial score (nSPS) is 16.5. The molecule has 0 saturated heterocycles. The lowest BCUT2D eigenvalue weighted by atomic mass is 10.0. The second-order valence-electron chi connectivity index (χ2n) is 7.86. The van der Waals surface area contributed by atoms with Crippen molar-refractivity contribution in [3.05, 3.63) is 69.7 Å². The number of aliphatic hydroxyl groups excluding tert-OH is 1. The highest BCUT2D eigenvalue weighted by Gasteiger charge is 2.26. The number of hydrogen-bond acceptors (Lipinski definition) is 6. The maximum absolute atomic E-state index is 11.6. The van der Waals surface area contributed by atoms with Crippen molar-refractivity contribution in [2.45, 2.75) is 44.9 Å². The van der Waals surface area contributed by atoms with Crippen LogP contribution in [0.25, 0.3) is 0 Å². The molecule has 1 heterocycles. The second-order valence-corrected chi connectivity index (χ2v) is 8.68. The summed E-state index contributed by atoms with van der Waals surface area (Å²) >= 11 is 12.1. The van der Waals surface area contributed by atoms with Gasteiger partial charge < -0.3 is 14.7 Å². The van der Waals surface area contributed by atoms with Gasteiger partial charge in [-0.1, -0.05) is 71.7 Å². The summed E-state index contributed by atoms with van der Waals surface area (Å²) in [7, 11) is 0. The molecule has 2 aromatic carbocycles. The van der Waals surface area contributed by atoms with E-state index in [1.54, 1.807) is 12.1 Å². The van der Waals surface area contributed by atoms with E-state index in [2.05, 4.69) is 10.1 Å². The van der Waals surface area contributed by atoms with Crippen molar-refractivity contribution in [3.63, 3.8) is 0 Å². The van der Waals surface area contributed by atoms with E-state index in [9.17, 15) is 9.90 Å². The van der Waals surface area contributed by atoms with E-state index in [1.165, 1.54) is 0 Å². The Kier molecular flexibility index (Phi) is 9.36. The molecule has 0 aliphatic carbocycles. The van der Waals surface area contributed by atoms with Crippen molar-refractivity contribution in [1.29, 1.82) is 0 Å². The molecular formula is C24H28Cl2N2O4. The number of ether oxygens (including phenoxy) is 1. The maximum atomic E-state index is 11.6. The van der Waals surface area contributed by atoms with Gasteiger partial charge in [0.05, 0.1) is 15.8 Å². The van der Waals surface area contributed by atoms with Crippen LogP contribution in [0.3, 0.4) is 0 Å². The fourth-order valence-corrected chi connectivity index (χ4v) is 3.82. The summed E-state index contributed by atoms with van der Waals surface area (Å²) in [5, 5.41) is 15.7. The van der Waals surface area contributed by atoms with Crippen LogP contribution in [0.5, 0.6) is 0 Å². The SMILES string of the molecule is CCCC(=O)OC[C@H](O)CN(Cc1ccccc1)C[C@@H]1CC(c2ccc(Cl)c(Cl)c2)=NO1. The fraction of sp³-hybridized carbons (Fsp3) is 0.417. The van der Waals surface area contributed by atoms with Gasteiger partial charge in [0.2, 0.25) is 0 Å². The average Bonchev–Trinajstić information content (AvgIpc) is 3.23. The quantitative estimate of drug-likeness (QED) is 0.474. The van der Waals surface area contributed by atoms with Crippen LogP contribution in [0, 0.1) is 0 Å². The van der Waals surface area contributed by atoms with Gasteiger partial charge in [0.15, 0.2) is 0 Å². The van der Waals surface area contributed by atoms with E-state index in [4.69, 9.17) is 32.8 Å². The van der Waals surface area contributed by atoms with E-state index >= 15 is 0 Å². The van der Waals surface area contributed by atoms with Gasteiger partial charge in [-0.05, 0) is 24.1 Å². The third-order valence-corrected chi connectivity index (χ3v) is 5.80. The molecule has 2 aromatic rings. The molecule has 2 atom stereocenters. The summed E-state index contributed by atoms with van der Waals surface area (Å²) in [6, 6.07) is 15.4. The van der Waals surface area contributed by atoms with E-state index in [-0.39, 0.29) is 18.7 Å². The number of halogens is 2. The van der Waals surface area contributed by atoms with Gasteiger partial charge in [0, 0.05) is 38.0 Å². The third-order valence-electron chi connectivity index (χ3n) is 5.06. The first-order chi connectivity index (χ1) is 15.4. The average molecular weight is 479 g/mol. The van der Waals surface area contributed by atoms with Crippen LogP contribution >= 0.6 is 23.2 Å². The van der Waals surface area contributed by atoms with Gasteiger partial charge in [0.25, 0.3) is 0 Å². The molecular weight excluding hydrogens is 451 g/mol. The Balaban J connectivity index is 1.59. The molecule has 0 amide bonds. The zero-order valence-electron chi connectivity index (χ0n) is 18.0. The number of oxime groups is 1. The van der Waals surface area contributed by atoms with Crippen LogP contribution in [-0.4, -0.2) is 53.6 Å². The van der Waals surface area contributed by atoms with E-state index in [0.717, 1.165) is 23.3 Å². The van der Waals surface area contributed by atoms with Gasteiger partial charge >= 0.3 is 5.97 Å². The summed E-state index contributed by atoms with van der Waals surface area (Å²) in [5.74, 6) is -0.292. The summed E-state index contributed by atoms with van der Waals surface area (Å²) in [4.78, 5) is 19.4. The van der Waals surface area contributed by atoms with Gasteiger partial charge in [-0.25, -0.2) is 0 Å². The maximum Gasteiger partial charge on any atom is 0.305 e. The van der Waals surface area contributed by atoms with Crippen LogP contribution < -0.4 is 0 Å². The lowest BCUT2D eigenvalue weighted by Crippen LogP contribution is -2.39. The van der Waals surface area contributed by atoms with Crippen LogP contribution in [0.15, 0.2) is 53.7 Å². The highest BCUT2D eigenvalue weighted by molar-refractivity contribution is 6.42. The van der Waals surface area contributed by atoms with E-state index in [1.807, 2.05) is 43.3 Å². The minimum atomic E-state index is -0.795. The van der Waals surface area contributed by atoms with Crippen LogP contribution in [0.2, 0.25) is 10.0 Å². The molecule has 0 spiro atoms. The number of esters is 1. The summed E-state index contributed by atoms with van der Waals surface area (Å²) in [5.41, 5.74) is 2.80. The molecule has 0 unspecified atom stereocenters. The van der Waals surface area contributed by atoms with Gasteiger partial charge in [-0.15, -0.1) is 0 Å². The lowest BCUT2D eigenvalue weighted by molar-refractivity contribution is -0.147. The zero-order valence-corrected chi connectivity index (χ0v) is 19.6. The Bertz CT molecular complexity index is 923. The molecule has 1 aliphatic heterocycles. The smallest absolute Gasteiger partial charge is 0.305 e. The summed E-state index contributed by atoms with van der Waals surface area (Å²) in [6.07, 6.45) is 0.722. The number of nitrogens with zero attached hydrogens (tertiary/aromatic N) is 2. The Morgan fingerprint density at radius 2 is 2.03 bits per heavy atom. The number of rotatable bonds is 11. The Hall–Kier alpha value is -2.12. The third kappa shape index (κ3) is 7.48. The van der Waals surface area contributed by atoms with Gasteiger partial charge in [0.1, 0.15) is 18.8 Å². The molecule has 0 bridgehead atoms. The van der Waals surface area contributed by atoms with Crippen molar-refractivity contribution in [2.75, 3.05) is 19.7 Å². The van der Waals surface area contributed by atoms with Crippen LogP contribution in [0.1, 0.15) is 37.3 Å². The van der Waals surface area contributed by atoms with Crippen LogP contribution in [0.4, 0.5) is 0 Å². The highest BCUT2D eigenvalue weighted by atomic mass is 35.5. The number of carbonyl (C=O) groups is 1. The minimum absolute atomic E-state index is 0.0271. The number of aliphatic hydroxyl groups is 1. The molecule has 6 nitrogen and oxygen atoms in total. The molecule has 1 aliphatic rings. The van der Waals surface area contributed by atoms with Crippen molar-refractivity contribution < 1.29 is 19.5 Å². The molecule has 0 saturated carbocycles. The van der Waals surface area contributed by atoms with Crippen LogP contribution in [-0.2, 0) is 20.9 Å². The van der Waals surface area contributed by atoms with E-state index < -0.39 is 6.10 Å². The minimum Gasteiger partial charge on any atom is -0.463 e. The lowest BCUT2D eigenvalue weighted by Gasteiger charge is -2.27. The largest absolute Gasteiger partial charge is 0.463 e. The van der Waals surface area contributed by atoms with Crippen molar-refractivity contribution >= 4 is 34.9 Å². The molecule has 0 aromatic heterocycles. The summed E-state index contributed by atoms with van der Waals surface area (Å²) < 4.78 is 5.17. The second kappa shape index (κ2) is 12.2. The monoisotopic (exact) mass is 478 g/mol. The van der Waals surface area contributed by atoms with Crippen molar-refractivity contribution in [1.82, 2.24) is 4.90 Å². The van der Waals surface area contributed by atoms with Crippen molar-refractivity contribution in [2.24, 2.45) is 5.16 Å². The zero-order chi connectivity index (χ0) is 22.9. The predicted octanol–water partition coefficient (Wildman–Crippen LogP) is 4.69.